The molecule has 1 aromatic carbocycles. The Bertz CT molecular complexity index is 682. The van der Waals surface area contributed by atoms with E-state index in [1.165, 1.54) is 11.3 Å². The number of thiazole rings is 1. The van der Waals surface area contributed by atoms with E-state index in [1.807, 2.05) is 36.1 Å². The summed E-state index contributed by atoms with van der Waals surface area (Å²) < 4.78 is 0. The first kappa shape index (κ1) is 18.9. The van der Waals surface area contributed by atoms with Gasteiger partial charge in [0.2, 0.25) is 0 Å². The summed E-state index contributed by atoms with van der Waals surface area (Å²) in [6.07, 6.45) is 0. The van der Waals surface area contributed by atoms with Crippen molar-refractivity contribution in [1.82, 2.24) is 9.88 Å². The van der Waals surface area contributed by atoms with Gasteiger partial charge in [0.1, 0.15) is 9.88 Å². The van der Waals surface area contributed by atoms with Crippen LogP contribution < -0.4 is 0 Å². The average Bonchev–Trinajstić information content (AvgIpc) is 2.87. The number of carbonyl (C=O) groups is 1. The summed E-state index contributed by atoms with van der Waals surface area (Å²) in [6, 6.07) is 7.57. The zero-order valence-electron chi connectivity index (χ0n) is 15.0. The highest BCUT2D eigenvalue weighted by Crippen LogP contribution is 2.30. The Kier molecular flexibility index (Phi) is 6.41. The molecule has 3 nitrogen and oxygen atoms in total. The van der Waals surface area contributed by atoms with Crippen molar-refractivity contribution < 1.29 is 4.79 Å². The second kappa shape index (κ2) is 8.13. The van der Waals surface area contributed by atoms with Gasteiger partial charge in [-0.25, -0.2) is 4.98 Å². The number of rotatable bonds is 6. The predicted octanol–water partition coefficient (Wildman–Crippen LogP) is 5.53. The van der Waals surface area contributed by atoms with Crippen molar-refractivity contribution in [2.45, 2.75) is 34.6 Å². The number of halogens is 1. The Balaban J connectivity index is 2.29. The molecule has 0 aliphatic heterocycles. The van der Waals surface area contributed by atoms with Gasteiger partial charge in [0, 0.05) is 23.7 Å². The molecule has 0 atom stereocenters. The SMILES string of the molecule is Cc1nc(-c2ccc(Cl)cc2)sc1C(=O)N(CC(C)C)CC(C)C. The number of nitrogens with zero attached hydrogens (tertiary/aromatic N) is 2. The van der Waals surface area contributed by atoms with Crippen LogP contribution in [-0.4, -0.2) is 28.9 Å². The molecule has 0 unspecified atom stereocenters. The molecule has 0 bridgehead atoms. The molecule has 5 heteroatoms. The quantitative estimate of drug-likeness (QED) is 0.675. The minimum Gasteiger partial charge on any atom is -0.337 e. The van der Waals surface area contributed by atoms with Crippen LogP contribution in [0.4, 0.5) is 0 Å². The van der Waals surface area contributed by atoms with Crippen LogP contribution in [0.15, 0.2) is 24.3 Å². The Hall–Kier alpha value is -1.39. The van der Waals surface area contributed by atoms with Gasteiger partial charge >= 0.3 is 0 Å². The van der Waals surface area contributed by atoms with E-state index >= 15 is 0 Å². The Morgan fingerprint density at radius 3 is 2.17 bits per heavy atom. The number of amides is 1. The third-order valence-corrected chi connectivity index (χ3v) is 4.99. The van der Waals surface area contributed by atoms with Crippen molar-refractivity contribution in [2.75, 3.05) is 13.1 Å². The molecular formula is C19H25ClN2OS. The van der Waals surface area contributed by atoms with Gasteiger partial charge in [-0.1, -0.05) is 51.4 Å². The third kappa shape index (κ3) is 4.81. The zero-order chi connectivity index (χ0) is 17.9. The molecule has 0 fully saturated rings. The number of aryl methyl sites for hydroxylation is 1. The molecule has 0 aliphatic rings. The molecule has 130 valence electrons. The third-order valence-electron chi connectivity index (χ3n) is 3.54. The monoisotopic (exact) mass is 364 g/mol. The lowest BCUT2D eigenvalue weighted by Gasteiger charge is -2.26. The fourth-order valence-corrected chi connectivity index (χ4v) is 3.74. The van der Waals surface area contributed by atoms with Gasteiger partial charge < -0.3 is 4.90 Å². The summed E-state index contributed by atoms with van der Waals surface area (Å²) >= 11 is 7.41. The van der Waals surface area contributed by atoms with Crippen molar-refractivity contribution >= 4 is 28.8 Å². The second-order valence-electron chi connectivity index (χ2n) is 6.94. The zero-order valence-corrected chi connectivity index (χ0v) is 16.5. The van der Waals surface area contributed by atoms with E-state index in [4.69, 9.17) is 11.6 Å². The number of hydrogen-bond acceptors (Lipinski definition) is 3. The van der Waals surface area contributed by atoms with E-state index in [1.54, 1.807) is 0 Å². The van der Waals surface area contributed by atoms with Gasteiger partial charge in [0.05, 0.1) is 5.69 Å². The highest BCUT2D eigenvalue weighted by atomic mass is 35.5. The van der Waals surface area contributed by atoms with Crippen molar-refractivity contribution in [2.24, 2.45) is 11.8 Å². The number of carbonyl (C=O) groups excluding carboxylic acids is 1. The standard InChI is InChI=1S/C19H25ClN2OS/c1-12(2)10-22(11-13(3)4)19(23)17-14(5)21-18(24-17)15-6-8-16(20)9-7-15/h6-9,12-13H,10-11H2,1-5H3. The van der Waals surface area contributed by atoms with E-state index in [0.29, 0.717) is 16.9 Å². The second-order valence-corrected chi connectivity index (χ2v) is 8.37. The van der Waals surface area contributed by atoms with E-state index in [-0.39, 0.29) is 5.91 Å². The topological polar surface area (TPSA) is 33.2 Å². The molecule has 0 radical (unpaired) electrons. The van der Waals surface area contributed by atoms with Gasteiger partial charge in [-0.2, -0.15) is 0 Å². The smallest absolute Gasteiger partial charge is 0.265 e. The lowest BCUT2D eigenvalue weighted by atomic mass is 10.1. The van der Waals surface area contributed by atoms with Crippen LogP contribution in [0.25, 0.3) is 10.6 Å². The molecule has 1 heterocycles. The number of hydrogen-bond donors (Lipinski definition) is 0. The first-order chi connectivity index (χ1) is 11.3. The summed E-state index contributed by atoms with van der Waals surface area (Å²) in [5, 5.41) is 1.56. The molecule has 0 saturated carbocycles. The van der Waals surface area contributed by atoms with E-state index in [9.17, 15) is 4.79 Å². The van der Waals surface area contributed by atoms with E-state index in [2.05, 4.69) is 32.7 Å². The maximum absolute atomic E-state index is 13.0. The minimum absolute atomic E-state index is 0.0904. The summed E-state index contributed by atoms with van der Waals surface area (Å²) in [4.78, 5) is 20.3. The van der Waals surface area contributed by atoms with Gasteiger partial charge in [0.15, 0.2) is 0 Å². The predicted molar refractivity (Wildman–Crippen MR) is 103 cm³/mol. The van der Waals surface area contributed by atoms with Gasteiger partial charge in [-0.15, -0.1) is 11.3 Å². The first-order valence-electron chi connectivity index (χ1n) is 8.30. The summed E-state index contributed by atoms with van der Waals surface area (Å²) in [5.74, 6) is 0.973. The Morgan fingerprint density at radius 1 is 1.12 bits per heavy atom. The largest absolute Gasteiger partial charge is 0.337 e. The number of benzene rings is 1. The summed E-state index contributed by atoms with van der Waals surface area (Å²) in [7, 11) is 0. The molecule has 2 aromatic rings. The van der Waals surface area contributed by atoms with Gasteiger partial charge in [-0.3, -0.25) is 4.79 Å². The maximum atomic E-state index is 13.0. The summed E-state index contributed by atoms with van der Waals surface area (Å²) in [5.41, 5.74) is 1.79. The van der Waals surface area contributed by atoms with Crippen LogP contribution >= 0.6 is 22.9 Å². The molecule has 0 saturated heterocycles. The molecular weight excluding hydrogens is 340 g/mol. The van der Waals surface area contributed by atoms with Crippen molar-refractivity contribution in [3.63, 3.8) is 0 Å². The highest BCUT2D eigenvalue weighted by Gasteiger charge is 2.23. The fourth-order valence-electron chi connectivity index (χ4n) is 2.58. The Labute approximate surface area is 153 Å². The van der Waals surface area contributed by atoms with Crippen LogP contribution in [0.5, 0.6) is 0 Å². The van der Waals surface area contributed by atoms with E-state index < -0.39 is 0 Å². The molecule has 2 rings (SSSR count). The van der Waals surface area contributed by atoms with Crippen LogP contribution in [-0.2, 0) is 0 Å². The lowest BCUT2D eigenvalue weighted by molar-refractivity contribution is 0.0719. The van der Waals surface area contributed by atoms with Crippen LogP contribution in [0.2, 0.25) is 5.02 Å². The van der Waals surface area contributed by atoms with Crippen molar-refractivity contribution in [3.05, 3.63) is 39.9 Å². The molecule has 0 N–H and O–H groups in total. The van der Waals surface area contributed by atoms with Crippen LogP contribution in [0.1, 0.15) is 43.1 Å². The van der Waals surface area contributed by atoms with E-state index in [0.717, 1.165) is 34.2 Å². The molecule has 1 amide bonds. The van der Waals surface area contributed by atoms with Gasteiger partial charge in [-0.05, 0) is 30.9 Å². The minimum atomic E-state index is 0.0904. The molecule has 24 heavy (non-hydrogen) atoms. The normalized spacial score (nSPS) is 11.3. The molecule has 0 aliphatic carbocycles. The molecule has 1 aromatic heterocycles. The first-order valence-corrected chi connectivity index (χ1v) is 9.50. The van der Waals surface area contributed by atoms with Crippen molar-refractivity contribution in [1.29, 1.82) is 0 Å². The summed E-state index contributed by atoms with van der Waals surface area (Å²) in [6.45, 7) is 12.0. The fraction of sp³-hybridized carbons (Fsp3) is 0.474. The highest BCUT2D eigenvalue weighted by molar-refractivity contribution is 7.17. The van der Waals surface area contributed by atoms with Crippen molar-refractivity contribution in [3.8, 4) is 10.6 Å². The Morgan fingerprint density at radius 2 is 1.67 bits per heavy atom. The lowest BCUT2D eigenvalue weighted by Crippen LogP contribution is -2.36. The van der Waals surface area contributed by atoms with Crippen LogP contribution in [0, 0.1) is 18.8 Å². The average molecular weight is 365 g/mol. The molecule has 0 spiro atoms. The maximum Gasteiger partial charge on any atom is 0.265 e. The van der Waals surface area contributed by atoms with Gasteiger partial charge in [0.25, 0.3) is 5.91 Å². The van der Waals surface area contributed by atoms with Crippen LogP contribution in [0.3, 0.4) is 0 Å². The number of aromatic nitrogens is 1.